The average molecular weight is 507 g/mol. The van der Waals surface area contributed by atoms with Gasteiger partial charge in [-0.3, -0.25) is 18.9 Å². The summed E-state index contributed by atoms with van der Waals surface area (Å²) in [5.41, 5.74) is -0.556. The number of aliphatic hydroxyl groups is 1. The molecule has 6 rings (SSSR count). The SMILES string of the molecule is O=C(c1cc2c(cn1)c(-c1nnc3c(F)cc(F)cn13)nn2CC(F)(F)F)N1C2CCC1CC(O)C2. The van der Waals surface area contributed by atoms with Crippen molar-refractivity contribution in [2.45, 2.75) is 56.6 Å². The lowest BCUT2D eigenvalue weighted by molar-refractivity contribution is -0.141. The maximum atomic E-state index is 14.1. The zero-order valence-electron chi connectivity index (χ0n) is 18.5. The number of alkyl halides is 3. The molecule has 0 radical (unpaired) electrons. The van der Waals surface area contributed by atoms with Crippen LogP contribution in [0.5, 0.6) is 0 Å². The second kappa shape index (κ2) is 7.91. The maximum absolute atomic E-state index is 14.1. The average Bonchev–Trinajstić information content (AvgIpc) is 3.44. The Kier molecular flexibility index (Phi) is 5.00. The number of aliphatic hydroxyl groups excluding tert-OH is 1. The van der Waals surface area contributed by atoms with E-state index in [1.165, 1.54) is 12.3 Å². The Bertz CT molecular complexity index is 1500. The normalized spacial score (nSPS) is 22.2. The van der Waals surface area contributed by atoms with Crippen molar-refractivity contribution in [3.63, 3.8) is 0 Å². The summed E-state index contributed by atoms with van der Waals surface area (Å²) < 4.78 is 69.7. The molecule has 2 saturated heterocycles. The summed E-state index contributed by atoms with van der Waals surface area (Å²) in [4.78, 5) is 19.2. The van der Waals surface area contributed by atoms with Gasteiger partial charge in [0.1, 0.15) is 23.7 Å². The van der Waals surface area contributed by atoms with Crippen molar-refractivity contribution >= 4 is 22.5 Å². The minimum Gasteiger partial charge on any atom is -0.393 e. The molecule has 6 heterocycles. The number of pyridine rings is 2. The number of piperidine rings is 1. The Labute approximate surface area is 199 Å². The predicted molar refractivity (Wildman–Crippen MR) is 114 cm³/mol. The fourth-order valence-electron chi connectivity index (χ4n) is 5.34. The second-order valence-electron chi connectivity index (χ2n) is 9.15. The van der Waals surface area contributed by atoms with E-state index in [1.54, 1.807) is 4.90 Å². The molecule has 4 aromatic rings. The summed E-state index contributed by atoms with van der Waals surface area (Å²) in [6.45, 7) is -1.47. The lowest BCUT2D eigenvalue weighted by atomic mass is 9.99. The first kappa shape index (κ1) is 22.8. The Morgan fingerprint density at radius 3 is 2.53 bits per heavy atom. The highest BCUT2D eigenvalue weighted by Crippen LogP contribution is 2.37. The van der Waals surface area contributed by atoms with Crippen LogP contribution >= 0.6 is 0 Å². The number of hydrogen-bond acceptors (Lipinski definition) is 6. The van der Waals surface area contributed by atoms with Gasteiger partial charge in [-0.05, 0) is 31.7 Å². The molecule has 0 aromatic carbocycles. The fourth-order valence-corrected chi connectivity index (χ4v) is 5.34. The number of rotatable bonds is 3. The molecule has 2 fully saturated rings. The van der Waals surface area contributed by atoms with Crippen LogP contribution in [0.15, 0.2) is 24.5 Å². The summed E-state index contributed by atoms with van der Waals surface area (Å²) in [6.07, 6.45) is -0.690. The number of carbonyl (C=O) groups is 1. The van der Waals surface area contributed by atoms with Crippen molar-refractivity contribution < 1.29 is 31.9 Å². The van der Waals surface area contributed by atoms with Crippen molar-refractivity contribution in [3.05, 3.63) is 41.9 Å². The Morgan fingerprint density at radius 1 is 1.11 bits per heavy atom. The Morgan fingerprint density at radius 2 is 1.83 bits per heavy atom. The summed E-state index contributed by atoms with van der Waals surface area (Å²) in [7, 11) is 0. The molecule has 2 bridgehead atoms. The highest BCUT2D eigenvalue weighted by Gasteiger charge is 2.43. The zero-order valence-corrected chi connectivity index (χ0v) is 18.5. The molecule has 9 nitrogen and oxygen atoms in total. The van der Waals surface area contributed by atoms with Gasteiger partial charge in [0.05, 0.1) is 11.6 Å². The molecule has 2 unspecified atom stereocenters. The van der Waals surface area contributed by atoms with Gasteiger partial charge in [-0.1, -0.05) is 0 Å². The minimum absolute atomic E-state index is 0.0429. The summed E-state index contributed by atoms with van der Waals surface area (Å²) in [6, 6.07) is 1.52. The molecule has 2 aliphatic heterocycles. The van der Waals surface area contributed by atoms with E-state index in [9.17, 15) is 31.9 Å². The summed E-state index contributed by atoms with van der Waals surface area (Å²) in [5.74, 6) is -2.56. The van der Waals surface area contributed by atoms with Gasteiger partial charge in [-0.2, -0.15) is 18.3 Å². The highest BCUT2D eigenvalue weighted by molar-refractivity contribution is 5.99. The van der Waals surface area contributed by atoms with E-state index in [4.69, 9.17) is 0 Å². The quantitative estimate of drug-likeness (QED) is 0.428. The van der Waals surface area contributed by atoms with E-state index in [2.05, 4.69) is 20.3 Å². The van der Waals surface area contributed by atoms with Gasteiger partial charge in [-0.15, -0.1) is 10.2 Å². The Balaban J connectivity index is 1.48. The molecule has 14 heteroatoms. The molecule has 2 aliphatic rings. The van der Waals surface area contributed by atoms with Gasteiger partial charge < -0.3 is 10.0 Å². The van der Waals surface area contributed by atoms with Crippen LogP contribution in [0.1, 0.15) is 36.2 Å². The van der Waals surface area contributed by atoms with Crippen LogP contribution in [0.2, 0.25) is 0 Å². The van der Waals surface area contributed by atoms with E-state index in [1.807, 2.05) is 0 Å². The molecular formula is C22H18F5N7O2. The van der Waals surface area contributed by atoms with Crippen molar-refractivity contribution in [2.75, 3.05) is 0 Å². The molecule has 4 aromatic heterocycles. The molecule has 1 amide bonds. The Hall–Kier alpha value is -3.68. The number of halogens is 5. The largest absolute Gasteiger partial charge is 0.408 e. The number of fused-ring (bicyclic) bond motifs is 4. The number of carbonyl (C=O) groups excluding carboxylic acids is 1. The molecule has 0 spiro atoms. The van der Waals surface area contributed by atoms with E-state index in [0.717, 1.165) is 23.4 Å². The van der Waals surface area contributed by atoms with Crippen molar-refractivity contribution in [2.24, 2.45) is 0 Å². The predicted octanol–water partition coefficient (Wildman–Crippen LogP) is 3.11. The molecule has 2 atom stereocenters. The van der Waals surface area contributed by atoms with Gasteiger partial charge in [0.2, 0.25) is 0 Å². The van der Waals surface area contributed by atoms with Gasteiger partial charge in [0.25, 0.3) is 5.91 Å². The first-order valence-electron chi connectivity index (χ1n) is 11.2. The van der Waals surface area contributed by atoms with Crippen molar-refractivity contribution in [3.8, 4) is 11.5 Å². The lowest BCUT2D eigenvalue weighted by Gasteiger charge is -2.37. The van der Waals surface area contributed by atoms with E-state index >= 15 is 0 Å². The molecule has 0 aliphatic carbocycles. The van der Waals surface area contributed by atoms with Gasteiger partial charge in [0.15, 0.2) is 17.3 Å². The third-order valence-corrected chi connectivity index (χ3v) is 6.77. The number of aromatic nitrogens is 6. The van der Waals surface area contributed by atoms with Crippen LogP contribution in [0, 0.1) is 11.6 Å². The minimum atomic E-state index is -4.64. The van der Waals surface area contributed by atoms with Crippen molar-refractivity contribution in [1.29, 1.82) is 0 Å². The molecule has 0 saturated carbocycles. The fraction of sp³-hybridized carbons (Fsp3) is 0.409. The monoisotopic (exact) mass is 507 g/mol. The lowest BCUT2D eigenvalue weighted by Crippen LogP contribution is -2.48. The van der Waals surface area contributed by atoms with Crippen LogP contribution in [-0.4, -0.2) is 69.6 Å². The molecule has 188 valence electrons. The smallest absolute Gasteiger partial charge is 0.393 e. The van der Waals surface area contributed by atoms with Crippen molar-refractivity contribution in [1.82, 2.24) is 34.3 Å². The molecule has 36 heavy (non-hydrogen) atoms. The van der Waals surface area contributed by atoms with Crippen LogP contribution in [-0.2, 0) is 6.54 Å². The number of amides is 1. The summed E-state index contributed by atoms with van der Waals surface area (Å²) in [5, 5.41) is 21.6. The van der Waals surface area contributed by atoms with E-state index in [-0.39, 0.29) is 45.8 Å². The zero-order chi connectivity index (χ0) is 25.4. The van der Waals surface area contributed by atoms with Gasteiger partial charge in [0, 0.05) is 35.9 Å². The molecule has 1 N–H and O–H groups in total. The second-order valence-corrected chi connectivity index (χ2v) is 9.15. The van der Waals surface area contributed by atoms with E-state index in [0.29, 0.717) is 23.6 Å². The molecular weight excluding hydrogens is 489 g/mol. The summed E-state index contributed by atoms with van der Waals surface area (Å²) >= 11 is 0. The van der Waals surface area contributed by atoms with Gasteiger partial charge in [-0.25, -0.2) is 8.78 Å². The van der Waals surface area contributed by atoms with Crippen LogP contribution in [0.3, 0.4) is 0 Å². The van der Waals surface area contributed by atoms with Crippen LogP contribution < -0.4 is 0 Å². The first-order chi connectivity index (χ1) is 17.1. The highest BCUT2D eigenvalue weighted by atomic mass is 19.4. The third-order valence-electron chi connectivity index (χ3n) is 6.77. The third kappa shape index (κ3) is 3.67. The van der Waals surface area contributed by atoms with Crippen LogP contribution in [0.25, 0.3) is 28.1 Å². The standard InChI is InChI=1S/C22H18F5N7O2/c23-10-3-15(24)19-29-30-20(32(19)8-10)18-14-7-28-16(6-17(14)33(31-18)9-22(25,26)27)21(36)34-11-1-2-12(34)5-13(35)4-11/h3,6-8,11-13,35H,1-2,4-5,9H2. The number of hydrogen-bond donors (Lipinski definition) is 1. The first-order valence-corrected chi connectivity index (χ1v) is 11.2. The number of nitrogens with zero attached hydrogens (tertiary/aromatic N) is 7. The topological polar surface area (TPSA) is 101 Å². The maximum Gasteiger partial charge on any atom is 0.408 e. The van der Waals surface area contributed by atoms with E-state index < -0.39 is 36.4 Å². The van der Waals surface area contributed by atoms with Gasteiger partial charge >= 0.3 is 6.18 Å². The van der Waals surface area contributed by atoms with Crippen LogP contribution in [0.4, 0.5) is 22.0 Å².